The molecule has 1 fully saturated rings. The molecule has 0 aliphatic carbocycles. The molecule has 35 heavy (non-hydrogen) atoms. The molecule has 3 unspecified atom stereocenters. The summed E-state index contributed by atoms with van der Waals surface area (Å²) < 4.78 is 20.1. The number of rotatable bonds is 10. The van der Waals surface area contributed by atoms with E-state index in [1.54, 1.807) is 36.3 Å². The second-order valence-electron chi connectivity index (χ2n) is 8.16. The number of nitrogens with zero attached hydrogens (tertiary/aromatic N) is 4. The third-order valence-electron chi connectivity index (χ3n) is 5.97. The van der Waals surface area contributed by atoms with E-state index in [4.69, 9.17) is 10.5 Å². The summed E-state index contributed by atoms with van der Waals surface area (Å²) in [5.74, 6) is -0.234. The van der Waals surface area contributed by atoms with Crippen LogP contribution in [-0.4, -0.2) is 56.5 Å². The van der Waals surface area contributed by atoms with Crippen LogP contribution in [0.15, 0.2) is 35.4 Å². The molecule has 1 amide bonds. The number of thioether (sulfide) groups is 1. The van der Waals surface area contributed by atoms with Gasteiger partial charge in [-0.15, -0.1) is 0 Å². The van der Waals surface area contributed by atoms with Crippen molar-refractivity contribution in [3.63, 3.8) is 0 Å². The van der Waals surface area contributed by atoms with Crippen molar-refractivity contribution in [2.75, 3.05) is 38.3 Å². The van der Waals surface area contributed by atoms with Crippen molar-refractivity contribution >= 4 is 23.5 Å². The zero-order valence-electron chi connectivity index (χ0n) is 19.8. The highest BCUT2D eigenvalue weighted by atomic mass is 32.2. The van der Waals surface area contributed by atoms with Crippen LogP contribution in [0.3, 0.4) is 0 Å². The van der Waals surface area contributed by atoms with Gasteiger partial charge in [0.05, 0.1) is 24.3 Å². The third kappa shape index (κ3) is 6.09. The summed E-state index contributed by atoms with van der Waals surface area (Å²) in [4.78, 5) is 18.7. The smallest absolute Gasteiger partial charge is 0.235 e. The zero-order chi connectivity index (χ0) is 25.4. The molecule has 2 aromatic rings. The number of hydrogen-bond donors (Lipinski definition) is 2. The number of carbonyl (C=O) groups excluding carboxylic acids is 1. The van der Waals surface area contributed by atoms with E-state index in [-0.39, 0.29) is 23.7 Å². The number of amides is 1. The van der Waals surface area contributed by atoms with Crippen molar-refractivity contribution in [2.24, 2.45) is 5.73 Å². The number of halogens is 1. The molecule has 3 N–H and O–H groups in total. The number of nitriles is 2. The topological polar surface area (TPSA) is 128 Å². The van der Waals surface area contributed by atoms with Gasteiger partial charge >= 0.3 is 0 Å². The number of piperidine rings is 1. The molecular weight excluding hydrogens is 467 g/mol. The van der Waals surface area contributed by atoms with Crippen LogP contribution in [-0.2, 0) is 16.0 Å². The molecule has 3 rings (SSSR count). The minimum atomic E-state index is -1.17. The first kappa shape index (κ1) is 26.4. The number of hydrogen-bond acceptors (Lipinski definition) is 8. The Labute approximate surface area is 209 Å². The quantitative estimate of drug-likeness (QED) is 0.380. The fourth-order valence-electron chi connectivity index (χ4n) is 4.20. The van der Waals surface area contributed by atoms with E-state index in [0.717, 1.165) is 11.8 Å². The number of pyridine rings is 1. The van der Waals surface area contributed by atoms with Crippen LogP contribution in [0.1, 0.15) is 40.8 Å². The molecule has 0 bridgehead atoms. The maximum absolute atomic E-state index is 15.0. The lowest BCUT2D eigenvalue weighted by Gasteiger charge is -2.36. The van der Waals surface area contributed by atoms with E-state index in [9.17, 15) is 15.3 Å². The maximum atomic E-state index is 15.0. The monoisotopic (exact) mass is 496 g/mol. The van der Waals surface area contributed by atoms with E-state index >= 15 is 4.39 Å². The molecule has 0 radical (unpaired) electrons. The fourth-order valence-corrected chi connectivity index (χ4v) is 5.26. The Morgan fingerprint density at radius 1 is 1.34 bits per heavy atom. The second-order valence-corrected chi connectivity index (χ2v) is 9.26. The van der Waals surface area contributed by atoms with Gasteiger partial charge in [-0.05, 0) is 24.0 Å². The highest BCUT2D eigenvalue weighted by Crippen LogP contribution is 2.40. The number of nitrogens with one attached hydrogen (secondary N) is 1. The van der Waals surface area contributed by atoms with Crippen molar-refractivity contribution in [2.45, 2.75) is 42.3 Å². The number of carbonyl (C=O) groups is 1. The van der Waals surface area contributed by atoms with Crippen LogP contribution in [0.2, 0.25) is 0 Å². The highest BCUT2D eigenvalue weighted by Gasteiger charge is 2.33. The van der Waals surface area contributed by atoms with E-state index in [1.165, 1.54) is 0 Å². The Morgan fingerprint density at radius 3 is 2.63 bits per heavy atom. The number of alkyl halides is 1. The first-order valence-corrected chi connectivity index (χ1v) is 12.3. The summed E-state index contributed by atoms with van der Waals surface area (Å²) in [6.45, 7) is 3.44. The summed E-state index contributed by atoms with van der Waals surface area (Å²) in [7, 11) is 1.60. The number of primary amides is 1. The normalized spacial score (nSPS) is 18.5. The lowest BCUT2D eigenvalue weighted by molar-refractivity contribution is -0.117. The summed E-state index contributed by atoms with van der Waals surface area (Å²) in [6, 6.07) is 13.0. The van der Waals surface area contributed by atoms with Gasteiger partial charge in [0, 0.05) is 26.2 Å². The van der Waals surface area contributed by atoms with Gasteiger partial charge in [0.1, 0.15) is 34.4 Å². The first-order valence-electron chi connectivity index (χ1n) is 11.4. The predicted molar refractivity (Wildman–Crippen MR) is 133 cm³/mol. The van der Waals surface area contributed by atoms with Gasteiger partial charge in [-0.2, -0.15) is 10.5 Å². The third-order valence-corrected chi connectivity index (χ3v) is 7.23. The number of aromatic nitrogens is 1. The second kappa shape index (κ2) is 12.5. The molecule has 2 heterocycles. The van der Waals surface area contributed by atoms with Crippen LogP contribution in [0, 0.1) is 22.7 Å². The van der Waals surface area contributed by atoms with Crippen LogP contribution < -0.4 is 16.0 Å². The molecule has 0 spiro atoms. The van der Waals surface area contributed by atoms with Crippen molar-refractivity contribution in [3.05, 3.63) is 52.6 Å². The van der Waals surface area contributed by atoms with Crippen LogP contribution in [0.5, 0.6) is 0 Å². The number of anilines is 1. The average molecular weight is 497 g/mol. The number of methoxy groups -OCH3 is 1. The Kier molecular flexibility index (Phi) is 9.44. The zero-order valence-corrected chi connectivity index (χ0v) is 20.6. The van der Waals surface area contributed by atoms with E-state index in [2.05, 4.69) is 22.4 Å². The molecule has 1 aromatic heterocycles. The molecule has 1 saturated heterocycles. The molecule has 8 nitrogen and oxygen atoms in total. The Hall–Kier alpha value is -3.18. The van der Waals surface area contributed by atoms with Gasteiger partial charge < -0.3 is 20.7 Å². The van der Waals surface area contributed by atoms with Crippen LogP contribution in [0.25, 0.3) is 0 Å². The molecule has 10 heteroatoms. The fraction of sp³-hybridized carbons (Fsp3) is 0.440. The number of ether oxygens (including phenoxy) is 1. The van der Waals surface area contributed by atoms with Gasteiger partial charge in [-0.25, -0.2) is 9.37 Å². The first-order chi connectivity index (χ1) is 16.9. The highest BCUT2D eigenvalue weighted by molar-refractivity contribution is 8.00. The Balaban J connectivity index is 1.99. The molecule has 1 aromatic carbocycles. The molecular formula is C25H29FN6O2S. The largest absolute Gasteiger partial charge is 0.383 e. The van der Waals surface area contributed by atoms with Gasteiger partial charge in [-0.3, -0.25) is 4.79 Å². The molecule has 184 valence electrons. The minimum absolute atomic E-state index is 0.0590. The standard InChI is InChI=1S/C25H29FN6O2S/c1-3-17-18(13-27)24(32-11-9-21(20(26)15-32)30-10-12-34-2)31-25(19(17)14-28)35-22(23(29)33)16-7-5-4-6-8-16/h4-8,20-22,30H,3,9-12,15H2,1-2H3,(H2,29,33). The van der Waals surface area contributed by atoms with E-state index in [0.29, 0.717) is 54.5 Å². The lowest BCUT2D eigenvalue weighted by Crippen LogP contribution is -2.52. The summed E-state index contributed by atoms with van der Waals surface area (Å²) >= 11 is 1.08. The minimum Gasteiger partial charge on any atom is -0.383 e. The number of nitrogens with two attached hydrogens (primary N) is 1. The predicted octanol–water partition coefficient (Wildman–Crippen LogP) is 2.86. The molecule has 1 aliphatic rings. The molecule has 1 aliphatic heterocycles. The molecule has 3 atom stereocenters. The summed E-state index contributed by atoms with van der Waals surface area (Å²) in [6.07, 6.45) is -0.237. The SMILES string of the molecule is CCc1c(C#N)c(SC(C(N)=O)c2ccccc2)nc(N2CCC(NCCOC)C(F)C2)c1C#N. The van der Waals surface area contributed by atoms with Crippen molar-refractivity contribution in [1.29, 1.82) is 10.5 Å². The van der Waals surface area contributed by atoms with Crippen LogP contribution >= 0.6 is 11.8 Å². The van der Waals surface area contributed by atoms with Gasteiger partial charge in [0.25, 0.3) is 0 Å². The lowest BCUT2D eigenvalue weighted by atomic mass is 9.99. The Morgan fingerprint density at radius 2 is 2.06 bits per heavy atom. The Bertz CT molecular complexity index is 1120. The van der Waals surface area contributed by atoms with Crippen molar-refractivity contribution in [1.82, 2.24) is 10.3 Å². The molecule has 0 saturated carbocycles. The van der Waals surface area contributed by atoms with Crippen molar-refractivity contribution < 1.29 is 13.9 Å². The maximum Gasteiger partial charge on any atom is 0.235 e. The summed E-state index contributed by atoms with van der Waals surface area (Å²) in [5, 5.41) is 22.6. The van der Waals surface area contributed by atoms with Gasteiger partial charge in [-0.1, -0.05) is 49.0 Å². The van der Waals surface area contributed by atoms with Crippen molar-refractivity contribution in [3.8, 4) is 12.1 Å². The van der Waals surface area contributed by atoms with E-state index < -0.39 is 17.3 Å². The number of benzene rings is 1. The van der Waals surface area contributed by atoms with E-state index in [1.807, 2.05) is 13.0 Å². The van der Waals surface area contributed by atoms with Gasteiger partial charge in [0.2, 0.25) is 5.91 Å². The van der Waals surface area contributed by atoms with Gasteiger partial charge in [0.15, 0.2) is 0 Å². The van der Waals surface area contributed by atoms with Crippen LogP contribution in [0.4, 0.5) is 10.2 Å². The average Bonchev–Trinajstić information content (AvgIpc) is 2.87. The summed E-state index contributed by atoms with van der Waals surface area (Å²) in [5.41, 5.74) is 7.43.